The Balaban J connectivity index is 1.48. The molecule has 2 aromatic heterocycles. The summed E-state index contributed by atoms with van der Waals surface area (Å²) in [5, 5.41) is 13.2. The predicted octanol–water partition coefficient (Wildman–Crippen LogP) is 3.23. The van der Waals surface area contributed by atoms with Gasteiger partial charge in [-0.25, -0.2) is 19.4 Å². The lowest BCUT2D eigenvalue weighted by molar-refractivity contribution is 0.252. The van der Waals surface area contributed by atoms with Crippen molar-refractivity contribution in [3.63, 3.8) is 0 Å². The summed E-state index contributed by atoms with van der Waals surface area (Å²) in [6, 6.07) is 11.3. The number of benzene rings is 1. The summed E-state index contributed by atoms with van der Waals surface area (Å²) in [6.07, 6.45) is 3.49. The van der Waals surface area contributed by atoms with Crippen LogP contribution >= 0.6 is 11.8 Å². The van der Waals surface area contributed by atoms with Crippen LogP contribution in [0.15, 0.2) is 47.6 Å². The van der Waals surface area contributed by atoms with Crippen molar-refractivity contribution in [2.24, 2.45) is 0 Å². The third-order valence-electron chi connectivity index (χ3n) is 3.92. The van der Waals surface area contributed by atoms with Crippen LogP contribution in [0.25, 0.3) is 5.82 Å². The van der Waals surface area contributed by atoms with Crippen molar-refractivity contribution in [3.8, 4) is 5.82 Å². The van der Waals surface area contributed by atoms with Crippen LogP contribution in [0.2, 0.25) is 0 Å². The van der Waals surface area contributed by atoms with Gasteiger partial charge in [-0.15, -0.1) is 11.8 Å². The van der Waals surface area contributed by atoms with Crippen LogP contribution in [-0.2, 0) is 0 Å². The molecule has 0 saturated heterocycles. The van der Waals surface area contributed by atoms with Gasteiger partial charge in [0.1, 0.15) is 12.1 Å². The molecule has 28 heavy (non-hydrogen) atoms. The van der Waals surface area contributed by atoms with Gasteiger partial charge in [-0.1, -0.05) is 6.07 Å². The van der Waals surface area contributed by atoms with Crippen molar-refractivity contribution in [3.05, 3.63) is 54.1 Å². The van der Waals surface area contributed by atoms with E-state index in [9.17, 15) is 4.79 Å². The summed E-state index contributed by atoms with van der Waals surface area (Å²) in [5.41, 5.74) is 2.71. The first kappa shape index (κ1) is 19.7. The zero-order valence-electron chi connectivity index (χ0n) is 16.1. The SMILES string of the molecule is CSc1cccc(NC(=O)NCCNc2cc(-n3nc(C)cc3C)ncn2)c1. The van der Waals surface area contributed by atoms with Crippen molar-refractivity contribution in [2.45, 2.75) is 18.7 Å². The van der Waals surface area contributed by atoms with E-state index in [0.29, 0.717) is 24.7 Å². The second kappa shape index (κ2) is 9.23. The first-order valence-corrected chi connectivity index (χ1v) is 10.1. The lowest BCUT2D eigenvalue weighted by Gasteiger charge is -2.10. The Kier molecular flexibility index (Phi) is 6.49. The number of urea groups is 1. The molecule has 0 fully saturated rings. The summed E-state index contributed by atoms with van der Waals surface area (Å²) in [7, 11) is 0. The van der Waals surface area contributed by atoms with Crippen LogP contribution in [0.3, 0.4) is 0 Å². The molecule has 1 aromatic carbocycles. The van der Waals surface area contributed by atoms with Crippen LogP contribution < -0.4 is 16.0 Å². The largest absolute Gasteiger partial charge is 0.368 e. The van der Waals surface area contributed by atoms with E-state index in [0.717, 1.165) is 22.0 Å². The Morgan fingerprint density at radius 3 is 2.75 bits per heavy atom. The molecule has 2 heterocycles. The van der Waals surface area contributed by atoms with Gasteiger partial charge in [-0.2, -0.15) is 5.10 Å². The summed E-state index contributed by atoms with van der Waals surface area (Å²) in [5.74, 6) is 1.37. The molecule has 0 bridgehead atoms. The fourth-order valence-corrected chi connectivity index (χ4v) is 3.12. The van der Waals surface area contributed by atoms with E-state index in [2.05, 4.69) is 31.0 Å². The molecule has 3 rings (SSSR count). The van der Waals surface area contributed by atoms with Gasteiger partial charge >= 0.3 is 6.03 Å². The molecule has 3 N–H and O–H groups in total. The number of carbonyl (C=O) groups excluding carboxylic acids is 1. The monoisotopic (exact) mass is 397 g/mol. The van der Waals surface area contributed by atoms with E-state index < -0.39 is 0 Å². The number of hydrogen-bond acceptors (Lipinski definition) is 6. The van der Waals surface area contributed by atoms with Gasteiger partial charge in [0.25, 0.3) is 0 Å². The molecule has 0 aliphatic heterocycles. The third kappa shape index (κ3) is 5.23. The fourth-order valence-electron chi connectivity index (χ4n) is 2.66. The Morgan fingerprint density at radius 1 is 1.14 bits per heavy atom. The number of carbonyl (C=O) groups is 1. The van der Waals surface area contributed by atoms with E-state index in [4.69, 9.17) is 0 Å². The topological polar surface area (TPSA) is 96.8 Å². The van der Waals surface area contributed by atoms with Gasteiger partial charge in [0.05, 0.1) is 5.69 Å². The van der Waals surface area contributed by atoms with Crippen molar-refractivity contribution in [1.29, 1.82) is 0 Å². The first-order chi connectivity index (χ1) is 13.5. The molecule has 9 heteroatoms. The maximum absolute atomic E-state index is 12.0. The number of thioether (sulfide) groups is 1. The molecule has 0 aliphatic carbocycles. The zero-order valence-corrected chi connectivity index (χ0v) is 16.9. The van der Waals surface area contributed by atoms with E-state index in [1.807, 2.05) is 56.5 Å². The van der Waals surface area contributed by atoms with Crippen LogP contribution in [0.1, 0.15) is 11.4 Å². The first-order valence-electron chi connectivity index (χ1n) is 8.83. The molecule has 0 aliphatic rings. The van der Waals surface area contributed by atoms with E-state index >= 15 is 0 Å². The van der Waals surface area contributed by atoms with Gasteiger partial charge in [0.15, 0.2) is 5.82 Å². The summed E-state index contributed by atoms with van der Waals surface area (Å²) in [4.78, 5) is 21.6. The number of hydrogen-bond donors (Lipinski definition) is 3. The molecule has 0 unspecified atom stereocenters. The second-order valence-electron chi connectivity index (χ2n) is 6.14. The highest BCUT2D eigenvalue weighted by atomic mass is 32.2. The maximum atomic E-state index is 12.0. The average molecular weight is 398 g/mol. The number of amides is 2. The molecule has 0 spiro atoms. The average Bonchev–Trinajstić information content (AvgIpc) is 3.04. The smallest absolute Gasteiger partial charge is 0.319 e. The van der Waals surface area contributed by atoms with Gasteiger partial charge < -0.3 is 16.0 Å². The quantitative estimate of drug-likeness (QED) is 0.418. The fraction of sp³-hybridized carbons (Fsp3) is 0.263. The molecule has 0 saturated carbocycles. The summed E-state index contributed by atoms with van der Waals surface area (Å²) < 4.78 is 1.77. The van der Waals surface area contributed by atoms with Crippen molar-refractivity contribution in [2.75, 3.05) is 30.0 Å². The number of anilines is 2. The Morgan fingerprint density at radius 2 is 2.00 bits per heavy atom. The Hall–Kier alpha value is -3.07. The minimum atomic E-state index is -0.244. The normalized spacial score (nSPS) is 10.5. The van der Waals surface area contributed by atoms with Gasteiger partial charge in [0.2, 0.25) is 0 Å². The number of nitrogens with zero attached hydrogens (tertiary/aromatic N) is 4. The van der Waals surface area contributed by atoms with Crippen LogP contribution in [0.5, 0.6) is 0 Å². The highest BCUT2D eigenvalue weighted by Crippen LogP contribution is 2.18. The zero-order chi connectivity index (χ0) is 19.9. The summed E-state index contributed by atoms with van der Waals surface area (Å²) >= 11 is 1.63. The number of rotatable bonds is 7. The van der Waals surface area contributed by atoms with Crippen molar-refractivity contribution < 1.29 is 4.79 Å². The predicted molar refractivity (Wildman–Crippen MR) is 112 cm³/mol. The van der Waals surface area contributed by atoms with Crippen molar-refractivity contribution >= 4 is 29.3 Å². The van der Waals surface area contributed by atoms with E-state index in [-0.39, 0.29) is 6.03 Å². The minimum Gasteiger partial charge on any atom is -0.368 e. The molecule has 3 aromatic rings. The third-order valence-corrected chi connectivity index (χ3v) is 4.65. The van der Waals surface area contributed by atoms with Gasteiger partial charge in [-0.3, -0.25) is 0 Å². The van der Waals surface area contributed by atoms with Gasteiger partial charge in [0, 0.05) is 35.4 Å². The van der Waals surface area contributed by atoms with Crippen LogP contribution in [0.4, 0.5) is 16.3 Å². The Bertz CT molecular complexity index is 957. The van der Waals surface area contributed by atoms with Crippen molar-refractivity contribution in [1.82, 2.24) is 25.1 Å². The van der Waals surface area contributed by atoms with Gasteiger partial charge in [-0.05, 0) is 44.4 Å². The highest BCUT2D eigenvalue weighted by molar-refractivity contribution is 7.98. The van der Waals surface area contributed by atoms with E-state index in [1.165, 1.54) is 6.33 Å². The maximum Gasteiger partial charge on any atom is 0.319 e. The molecule has 0 atom stereocenters. The standard InChI is InChI=1S/C19H23N7OS/c1-13-9-14(2)26(25-13)18-11-17(22-12-23-18)20-7-8-21-19(27)24-15-5-4-6-16(10-15)28-3/h4-6,9-12H,7-8H2,1-3H3,(H,20,22,23)(H2,21,24,27). The number of aromatic nitrogens is 4. The lowest BCUT2D eigenvalue weighted by Crippen LogP contribution is -2.32. The molecule has 0 radical (unpaired) electrons. The molecule has 146 valence electrons. The highest BCUT2D eigenvalue weighted by Gasteiger charge is 2.07. The molecular formula is C19H23N7OS. The summed E-state index contributed by atoms with van der Waals surface area (Å²) in [6.45, 7) is 4.91. The Labute approximate surface area is 168 Å². The van der Waals surface area contributed by atoms with E-state index in [1.54, 1.807) is 16.4 Å². The molecule has 2 amide bonds. The molecular weight excluding hydrogens is 374 g/mol. The second-order valence-corrected chi connectivity index (χ2v) is 7.02. The van der Waals surface area contributed by atoms with Crippen LogP contribution in [0, 0.1) is 13.8 Å². The van der Waals surface area contributed by atoms with Crippen LogP contribution in [-0.4, -0.2) is 45.1 Å². The molecule has 8 nitrogen and oxygen atoms in total. The minimum absolute atomic E-state index is 0.244. The number of nitrogens with one attached hydrogen (secondary N) is 3. The lowest BCUT2D eigenvalue weighted by atomic mass is 10.3. The number of aryl methyl sites for hydroxylation is 2.